The van der Waals surface area contributed by atoms with E-state index in [1.807, 2.05) is 0 Å². The molecule has 1 atom stereocenters. The monoisotopic (exact) mass is 292 g/mol. The lowest BCUT2D eigenvalue weighted by Gasteiger charge is -2.35. The minimum atomic E-state index is 0.306. The fraction of sp³-hybridized carbons (Fsp3) is 0.750. The highest BCUT2D eigenvalue weighted by Gasteiger charge is 2.24. The molecule has 1 aliphatic rings. The number of anilines is 2. The third-order valence-electron chi connectivity index (χ3n) is 3.88. The van der Waals surface area contributed by atoms with Gasteiger partial charge >= 0.3 is 0 Å². The Balaban J connectivity index is 2.29. The molecule has 0 aliphatic carbocycles. The van der Waals surface area contributed by atoms with Gasteiger partial charge in [0, 0.05) is 25.2 Å². The van der Waals surface area contributed by atoms with Crippen molar-refractivity contribution in [1.82, 2.24) is 9.97 Å². The smallest absolute Gasteiger partial charge is 0.137 e. The minimum absolute atomic E-state index is 0.306. The SMILES string of the molecule is CCCNc1ncnc(N2CCOC(CC)C2)c1C(C)C. The highest BCUT2D eigenvalue weighted by Crippen LogP contribution is 2.31. The molecular formula is C16H28N4O. The van der Waals surface area contributed by atoms with Gasteiger partial charge in [-0.1, -0.05) is 27.7 Å². The Kier molecular flexibility index (Phi) is 5.79. The Bertz CT molecular complexity index is 450. The summed E-state index contributed by atoms with van der Waals surface area (Å²) in [7, 11) is 0. The second-order valence-corrected chi connectivity index (χ2v) is 5.89. The van der Waals surface area contributed by atoms with Gasteiger partial charge < -0.3 is 15.0 Å². The molecule has 1 N–H and O–H groups in total. The van der Waals surface area contributed by atoms with Crippen molar-refractivity contribution in [3.8, 4) is 0 Å². The van der Waals surface area contributed by atoms with E-state index in [0.717, 1.165) is 50.7 Å². The summed E-state index contributed by atoms with van der Waals surface area (Å²) < 4.78 is 5.77. The van der Waals surface area contributed by atoms with Gasteiger partial charge in [-0.05, 0) is 18.8 Å². The minimum Gasteiger partial charge on any atom is -0.375 e. The van der Waals surface area contributed by atoms with Crippen LogP contribution in [0.5, 0.6) is 0 Å². The zero-order valence-corrected chi connectivity index (χ0v) is 13.7. The molecule has 1 unspecified atom stereocenters. The van der Waals surface area contributed by atoms with E-state index in [1.54, 1.807) is 6.33 Å². The zero-order valence-electron chi connectivity index (χ0n) is 13.7. The van der Waals surface area contributed by atoms with Crippen molar-refractivity contribution in [3.05, 3.63) is 11.9 Å². The van der Waals surface area contributed by atoms with Crippen molar-refractivity contribution >= 4 is 11.6 Å². The average molecular weight is 292 g/mol. The van der Waals surface area contributed by atoms with Crippen LogP contribution in [0.25, 0.3) is 0 Å². The molecule has 0 amide bonds. The summed E-state index contributed by atoms with van der Waals surface area (Å²) in [6.07, 6.45) is 4.11. The molecule has 0 bridgehead atoms. The van der Waals surface area contributed by atoms with Crippen molar-refractivity contribution in [2.45, 2.75) is 52.6 Å². The summed E-state index contributed by atoms with van der Waals surface area (Å²) in [5, 5.41) is 3.44. The number of aromatic nitrogens is 2. The molecule has 1 aromatic heterocycles. The van der Waals surface area contributed by atoms with E-state index in [-0.39, 0.29) is 0 Å². The standard InChI is InChI=1S/C16H28N4O/c1-5-7-17-15-14(12(3)4)16(19-11-18-15)20-8-9-21-13(6-2)10-20/h11-13H,5-10H2,1-4H3,(H,17,18,19). The van der Waals surface area contributed by atoms with Crippen LogP contribution in [-0.2, 0) is 4.74 Å². The van der Waals surface area contributed by atoms with Crippen LogP contribution in [0.2, 0.25) is 0 Å². The molecule has 2 heterocycles. The summed E-state index contributed by atoms with van der Waals surface area (Å²) in [5.41, 5.74) is 1.22. The van der Waals surface area contributed by atoms with Crippen LogP contribution in [0.3, 0.4) is 0 Å². The molecule has 1 saturated heterocycles. The van der Waals surface area contributed by atoms with Gasteiger partial charge in [0.05, 0.1) is 12.7 Å². The summed E-state index contributed by atoms with van der Waals surface area (Å²) in [4.78, 5) is 11.4. The van der Waals surface area contributed by atoms with Crippen LogP contribution in [0.15, 0.2) is 6.33 Å². The van der Waals surface area contributed by atoms with Gasteiger partial charge in [-0.25, -0.2) is 9.97 Å². The summed E-state index contributed by atoms with van der Waals surface area (Å²) >= 11 is 0. The third-order valence-corrected chi connectivity index (χ3v) is 3.88. The summed E-state index contributed by atoms with van der Waals surface area (Å²) in [5.74, 6) is 2.44. The molecule has 5 heteroatoms. The predicted octanol–water partition coefficient (Wildman–Crippen LogP) is 3.04. The molecule has 0 spiro atoms. The van der Waals surface area contributed by atoms with Crippen molar-refractivity contribution in [3.63, 3.8) is 0 Å². The van der Waals surface area contributed by atoms with E-state index >= 15 is 0 Å². The lowest BCUT2D eigenvalue weighted by molar-refractivity contribution is 0.0381. The van der Waals surface area contributed by atoms with E-state index in [9.17, 15) is 0 Å². The van der Waals surface area contributed by atoms with Gasteiger partial charge in [0.25, 0.3) is 0 Å². The van der Waals surface area contributed by atoms with Crippen LogP contribution in [0, 0.1) is 0 Å². The summed E-state index contributed by atoms with van der Waals surface area (Å²) in [6.45, 7) is 12.3. The lowest BCUT2D eigenvalue weighted by atomic mass is 10.0. The Morgan fingerprint density at radius 3 is 2.86 bits per heavy atom. The second kappa shape index (κ2) is 7.59. The first kappa shape index (κ1) is 16.0. The van der Waals surface area contributed by atoms with Gasteiger partial charge in [-0.2, -0.15) is 0 Å². The molecule has 21 heavy (non-hydrogen) atoms. The molecule has 118 valence electrons. The predicted molar refractivity (Wildman–Crippen MR) is 87.1 cm³/mol. The third kappa shape index (κ3) is 3.84. The number of nitrogens with zero attached hydrogens (tertiary/aromatic N) is 3. The van der Waals surface area contributed by atoms with E-state index in [4.69, 9.17) is 4.74 Å². The van der Waals surface area contributed by atoms with Crippen LogP contribution in [0.4, 0.5) is 11.6 Å². The largest absolute Gasteiger partial charge is 0.375 e. The maximum Gasteiger partial charge on any atom is 0.137 e. The number of rotatable bonds is 6. The molecule has 0 aromatic carbocycles. The fourth-order valence-corrected chi connectivity index (χ4v) is 2.71. The normalized spacial score (nSPS) is 19.1. The molecule has 2 rings (SSSR count). The topological polar surface area (TPSA) is 50.3 Å². The quantitative estimate of drug-likeness (QED) is 0.873. The average Bonchev–Trinajstić information content (AvgIpc) is 2.52. The molecule has 0 radical (unpaired) electrons. The van der Waals surface area contributed by atoms with Crippen LogP contribution < -0.4 is 10.2 Å². The Morgan fingerprint density at radius 2 is 2.19 bits per heavy atom. The van der Waals surface area contributed by atoms with Crippen molar-refractivity contribution < 1.29 is 4.74 Å². The first-order chi connectivity index (χ1) is 10.2. The van der Waals surface area contributed by atoms with Gasteiger partial charge in [0.1, 0.15) is 18.0 Å². The van der Waals surface area contributed by atoms with E-state index < -0.39 is 0 Å². The van der Waals surface area contributed by atoms with Gasteiger partial charge in [0.2, 0.25) is 0 Å². The maximum absolute atomic E-state index is 5.77. The zero-order chi connectivity index (χ0) is 15.2. The number of hydrogen-bond donors (Lipinski definition) is 1. The fourth-order valence-electron chi connectivity index (χ4n) is 2.71. The van der Waals surface area contributed by atoms with Gasteiger partial charge in [-0.3, -0.25) is 0 Å². The van der Waals surface area contributed by atoms with Crippen LogP contribution >= 0.6 is 0 Å². The van der Waals surface area contributed by atoms with E-state index in [1.165, 1.54) is 5.56 Å². The van der Waals surface area contributed by atoms with Crippen molar-refractivity contribution in [2.75, 3.05) is 36.5 Å². The maximum atomic E-state index is 5.77. The molecular weight excluding hydrogens is 264 g/mol. The first-order valence-electron chi connectivity index (χ1n) is 8.12. The Labute approximate surface area is 128 Å². The highest BCUT2D eigenvalue weighted by molar-refractivity contribution is 5.60. The number of nitrogens with one attached hydrogen (secondary N) is 1. The molecule has 0 saturated carbocycles. The first-order valence-corrected chi connectivity index (χ1v) is 8.12. The van der Waals surface area contributed by atoms with Crippen molar-refractivity contribution in [2.24, 2.45) is 0 Å². The van der Waals surface area contributed by atoms with Gasteiger partial charge in [0.15, 0.2) is 0 Å². The van der Waals surface area contributed by atoms with Crippen LogP contribution in [0.1, 0.15) is 52.0 Å². The van der Waals surface area contributed by atoms with E-state index in [2.05, 4.69) is 47.9 Å². The number of ether oxygens (including phenoxy) is 1. The van der Waals surface area contributed by atoms with E-state index in [0.29, 0.717) is 12.0 Å². The van der Waals surface area contributed by atoms with Crippen LogP contribution in [-0.4, -0.2) is 42.3 Å². The number of morpholine rings is 1. The lowest BCUT2D eigenvalue weighted by Crippen LogP contribution is -2.43. The van der Waals surface area contributed by atoms with Crippen molar-refractivity contribution in [1.29, 1.82) is 0 Å². The highest BCUT2D eigenvalue weighted by atomic mass is 16.5. The molecule has 5 nitrogen and oxygen atoms in total. The second-order valence-electron chi connectivity index (χ2n) is 5.89. The summed E-state index contributed by atoms with van der Waals surface area (Å²) in [6, 6.07) is 0. The molecule has 1 fully saturated rings. The molecule has 1 aromatic rings. The number of hydrogen-bond acceptors (Lipinski definition) is 5. The van der Waals surface area contributed by atoms with Gasteiger partial charge in [-0.15, -0.1) is 0 Å². The Morgan fingerprint density at radius 1 is 1.38 bits per heavy atom. The Hall–Kier alpha value is -1.36. The molecule has 1 aliphatic heterocycles.